The second kappa shape index (κ2) is 8.74. The van der Waals surface area contributed by atoms with Crippen molar-refractivity contribution in [2.45, 2.75) is 37.8 Å². The molecule has 172 valence electrons. The number of carbonyl (C=O) groups is 2. The highest BCUT2D eigenvalue weighted by Gasteiger charge is 2.44. The van der Waals surface area contributed by atoms with Gasteiger partial charge in [-0.05, 0) is 37.3 Å². The van der Waals surface area contributed by atoms with E-state index in [-0.39, 0.29) is 18.0 Å². The van der Waals surface area contributed by atoms with E-state index < -0.39 is 5.60 Å². The highest BCUT2D eigenvalue weighted by molar-refractivity contribution is 9.10. The van der Waals surface area contributed by atoms with E-state index >= 15 is 0 Å². The number of ether oxygens (including phenoxy) is 2. The number of rotatable bonds is 3. The summed E-state index contributed by atoms with van der Waals surface area (Å²) in [6.45, 7) is 3.30. The summed E-state index contributed by atoms with van der Waals surface area (Å²) < 4.78 is 12.6. The topological polar surface area (TPSA) is 83.7 Å². The molecule has 2 amide bonds. The summed E-state index contributed by atoms with van der Waals surface area (Å²) in [5.74, 6) is 0.650. The first-order valence-corrected chi connectivity index (χ1v) is 12.0. The van der Waals surface area contributed by atoms with Crippen LogP contribution >= 0.6 is 15.9 Å². The van der Waals surface area contributed by atoms with E-state index in [9.17, 15) is 9.59 Å². The molecule has 3 heterocycles. The number of nitrogens with one attached hydrogen (secondary N) is 2. The third kappa shape index (κ3) is 4.19. The number of halogens is 1. The van der Waals surface area contributed by atoms with Gasteiger partial charge in [-0.25, -0.2) is 4.79 Å². The lowest BCUT2D eigenvalue weighted by Gasteiger charge is -2.46. The second-order valence-electron chi connectivity index (χ2n) is 8.63. The molecular formula is C25H26BrN3O4. The molecule has 33 heavy (non-hydrogen) atoms. The minimum Gasteiger partial charge on any atom is -0.487 e. The maximum atomic E-state index is 13.4. The number of aromatic nitrogens is 1. The Morgan fingerprint density at radius 1 is 1.24 bits per heavy atom. The van der Waals surface area contributed by atoms with E-state index in [0.717, 1.165) is 26.7 Å². The molecule has 1 fully saturated rings. The second-order valence-corrected chi connectivity index (χ2v) is 9.55. The lowest BCUT2D eigenvalue weighted by atomic mass is 9.80. The van der Waals surface area contributed by atoms with E-state index in [4.69, 9.17) is 9.47 Å². The summed E-state index contributed by atoms with van der Waals surface area (Å²) in [4.78, 5) is 30.4. The largest absolute Gasteiger partial charge is 0.487 e. The number of piperidine rings is 1. The molecule has 1 saturated heterocycles. The number of aromatic amines is 1. The molecule has 2 aliphatic rings. The van der Waals surface area contributed by atoms with Crippen LogP contribution in [0.2, 0.25) is 0 Å². The fourth-order valence-electron chi connectivity index (χ4n) is 4.90. The normalized spacial score (nSPS) is 19.1. The van der Waals surface area contributed by atoms with Crippen LogP contribution in [0, 0.1) is 0 Å². The van der Waals surface area contributed by atoms with Gasteiger partial charge in [0.2, 0.25) is 0 Å². The average molecular weight is 512 g/mol. The molecule has 8 heteroatoms. The molecule has 0 bridgehead atoms. The zero-order valence-electron chi connectivity index (χ0n) is 18.4. The first-order valence-electron chi connectivity index (χ1n) is 11.3. The van der Waals surface area contributed by atoms with Crippen LogP contribution in [0.1, 0.15) is 48.1 Å². The minimum atomic E-state index is -0.444. The van der Waals surface area contributed by atoms with Gasteiger partial charge in [0, 0.05) is 54.0 Å². The number of hydrogen-bond acceptors (Lipinski definition) is 4. The molecule has 0 unspecified atom stereocenters. The van der Waals surface area contributed by atoms with Crippen molar-refractivity contribution in [3.63, 3.8) is 0 Å². The van der Waals surface area contributed by atoms with Gasteiger partial charge in [0.05, 0.1) is 23.7 Å². The summed E-state index contributed by atoms with van der Waals surface area (Å²) in [6, 6.07) is 13.4. The van der Waals surface area contributed by atoms with Gasteiger partial charge in [-0.3, -0.25) is 4.79 Å². The van der Waals surface area contributed by atoms with Gasteiger partial charge in [-0.1, -0.05) is 28.1 Å². The van der Waals surface area contributed by atoms with E-state index in [2.05, 4.69) is 26.2 Å². The number of carbonyl (C=O) groups excluding carboxylic acids is 2. The van der Waals surface area contributed by atoms with Gasteiger partial charge >= 0.3 is 6.09 Å². The monoisotopic (exact) mass is 511 g/mol. The fraction of sp³-hybridized carbons (Fsp3) is 0.360. The van der Waals surface area contributed by atoms with Gasteiger partial charge < -0.3 is 24.7 Å². The maximum absolute atomic E-state index is 13.4. The summed E-state index contributed by atoms with van der Waals surface area (Å²) in [5, 5.41) is 4.26. The molecule has 3 aromatic rings. The minimum absolute atomic E-state index is 0.125. The van der Waals surface area contributed by atoms with Gasteiger partial charge in [0.1, 0.15) is 11.4 Å². The maximum Gasteiger partial charge on any atom is 0.409 e. The third-order valence-electron chi connectivity index (χ3n) is 6.59. The lowest BCUT2D eigenvalue weighted by molar-refractivity contribution is -0.0233. The van der Waals surface area contributed by atoms with Gasteiger partial charge in [-0.2, -0.15) is 0 Å². The molecule has 2 N–H and O–H groups in total. The van der Waals surface area contributed by atoms with Crippen LogP contribution in [0.5, 0.6) is 5.75 Å². The van der Waals surface area contributed by atoms with Crippen LogP contribution in [-0.4, -0.2) is 47.2 Å². The van der Waals surface area contributed by atoms with Gasteiger partial charge in [0.15, 0.2) is 0 Å². The Morgan fingerprint density at radius 3 is 2.85 bits per heavy atom. The molecule has 0 radical (unpaired) electrons. The summed E-state index contributed by atoms with van der Waals surface area (Å²) in [5.41, 5.74) is 1.95. The summed E-state index contributed by atoms with van der Waals surface area (Å²) in [7, 11) is 0. The third-order valence-corrected chi connectivity index (χ3v) is 7.08. The lowest BCUT2D eigenvalue weighted by Crippen LogP contribution is -2.53. The molecule has 0 saturated carbocycles. The Balaban J connectivity index is 1.41. The molecule has 2 aliphatic heterocycles. The molecular weight excluding hydrogens is 486 g/mol. The number of H-pyrrole nitrogens is 1. The predicted octanol–water partition coefficient (Wildman–Crippen LogP) is 5.18. The highest BCUT2D eigenvalue weighted by atomic mass is 79.9. The quantitative estimate of drug-likeness (QED) is 0.507. The number of fused-ring (bicyclic) bond motifs is 2. The van der Waals surface area contributed by atoms with E-state index in [1.807, 2.05) is 55.6 Å². The van der Waals surface area contributed by atoms with Crippen LogP contribution in [-0.2, 0) is 4.74 Å². The predicted molar refractivity (Wildman–Crippen MR) is 128 cm³/mol. The molecule has 1 spiro atoms. The number of para-hydroxylation sites is 1. The Hall–Kier alpha value is -3.00. The summed E-state index contributed by atoms with van der Waals surface area (Å²) >= 11 is 3.55. The van der Waals surface area contributed by atoms with Crippen LogP contribution < -0.4 is 10.1 Å². The van der Waals surface area contributed by atoms with Gasteiger partial charge in [-0.15, -0.1) is 0 Å². The Bertz CT molecular complexity index is 1200. The van der Waals surface area contributed by atoms with Crippen molar-refractivity contribution in [2.75, 3.05) is 19.7 Å². The molecule has 1 aromatic heterocycles. The Kier molecular flexibility index (Phi) is 5.78. The number of benzene rings is 2. The van der Waals surface area contributed by atoms with Gasteiger partial charge in [0.25, 0.3) is 5.91 Å². The Morgan fingerprint density at radius 2 is 2.06 bits per heavy atom. The van der Waals surface area contributed by atoms with E-state index in [1.165, 1.54) is 0 Å². The molecule has 5 rings (SSSR count). The van der Waals surface area contributed by atoms with E-state index in [0.29, 0.717) is 44.5 Å². The zero-order chi connectivity index (χ0) is 23.0. The highest BCUT2D eigenvalue weighted by Crippen LogP contribution is 2.45. The standard InChI is InChI=1S/C25H26BrN3O4/c1-2-32-24(31)29-12-9-25(10-13-29)15-20(19-14-17(26)6-7-21(19)33-25)28-23(30)18-5-3-4-16-8-11-27-22(16)18/h3-8,11,14,20,27H,2,9-10,12-13,15H2,1H3,(H,28,30)/t20-/m1/s1. The van der Waals surface area contributed by atoms with Crippen molar-refractivity contribution in [1.29, 1.82) is 0 Å². The first kappa shape index (κ1) is 21.8. The fourth-order valence-corrected chi connectivity index (χ4v) is 5.28. The van der Waals surface area contributed by atoms with Crippen molar-refractivity contribution in [3.8, 4) is 5.75 Å². The first-order chi connectivity index (χ1) is 16.0. The van der Waals surface area contributed by atoms with E-state index in [1.54, 1.807) is 4.90 Å². The van der Waals surface area contributed by atoms with Crippen molar-refractivity contribution in [1.82, 2.24) is 15.2 Å². The molecule has 7 nitrogen and oxygen atoms in total. The van der Waals surface area contributed by atoms with Crippen LogP contribution in [0.3, 0.4) is 0 Å². The van der Waals surface area contributed by atoms with Crippen molar-refractivity contribution in [3.05, 3.63) is 64.3 Å². The smallest absolute Gasteiger partial charge is 0.409 e. The van der Waals surface area contributed by atoms with Crippen LogP contribution in [0.4, 0.5) is 4.79 Å². The number of likely N-dealkylation sites (tertiary alicyclic amines) is 1. The number of nitrogens with zero attached hydrogens (tertiary/aromatic N) is 1. The van der Waals surface area contributed by atoms with Crippen LogP contribution in [0.15, 0.2) is 53.1 Å². The number of amides is 2. The van der Waals surface area contributed by atoms with Crippen molar-refractivity contribution >= 4 is 38.8 Å². The molecule has 1 atom stereocenters. The summed E-state index contributed by atoms with van der Waals surface area (Å²) in [6.07, 6.45) is 3.56. The van der Waals surface area contributed by atoms with Crippen LogP contribution in [0.25, 0.3) is 10.9 Å². The van der Waals surface area contributed by atoms with Crippen molar-refractivity contribution in [2.24, 2.45) is 0 Å². The molecule has 2 aromatic carbocycles. The Labute approximate surface area is 200 Å². The zero-order valence-corrected chi connectivity index (χ0v) is 20.0. The number of hydrogen-bond donors (Lipinski definition) is 2. The van der Waals surface area contributed by atoms with Crippen molar-refractivity contribution < 1.29 is 19.1 Å². The average Bonchev–Trinajstić information content (AvgIpc) is 3.29. The molecule has 0 aliphatic carbocycles. The SMILES string of the molecule is CCOC(=O)N1CCC2(CC1)C[C@@H](NC(=O)c1cccc3cc[nH]c13)c1cc(Br)ccc1O2.